The number of unbranched alkanes of at least 4 members (excludes halogenated alkanes) is 11. The number of carbonyl (C=O) groups excluding carboxylic acids is 2. The fourth-order valence-electron chi connectivity index (χ4n) is 10.6. The highest BCUT2D eigenvalue weighted by Gasteiger charge is 2.65. The van der Waals surface area contributed by atoms with Gasteiger partial charge in [-0.05, 0) is 94.0 Å². The fourth-order valence-corrected chi connectivity index (χ4v) is 10.6. The van der Waals surface area contributed by atoms with Crippen molar-refractivity contribution in [1.82, 2.24) is 10.2 Å². The third-order valence-electron chi connectivity index (χ3n) is 14.0. The van der Waals surface area contributed by atoms with Gasteiger partial charge in [0, 0.05) is 44.2 Å². The molecule has 2 aromatic carbocycles. The SMILES string of the molecule is C=CCO[C@@]12Oc3ccc(OC(=O)NCCCCCCCCCCCC)cc3[C@H]3[C@H](CCCCO)[C@@H](CCCCO)C=C(C(=NOC(C)(C)C)C[C@@H]1N(CCOCCO)C(=O)OCCOCc1ccccc1)[C@H]32. The number of amides is 2. The van der Waals surface area contributed by atoms with Crippen molar-refractivity contribution >= 4 is 17.9 Å². The zero-order valence-corrected chi connectivity index (χ0v) is 44.6. The lowest BCUT2D eigenvalue weighted by molar-refractivity contribution is -0.256. The molecule has 4 N–H and O–H groups in total. The van der Waals surface area contributed by atoms with E-state index >= 15 is 0 Å². The van der Waals surface area contributed by atoms with Crippen LogP contribution in [0.4, 0.5) is 9.59 Å². The zero-order chi connectivity index (χ0) is 52.3. The Bertz CT molecular complexity index is 1990. The van der Waals surface area contributed by atoms with Crippen molar-refractivity contribution in [2.75, 3.05) is 65.9 Å². The topological polar surface area (TPSA) is 187 Å². The van der Waals surface area contributed by atoms with E-state index in [1.54, 1.807) is 17.0 Å². The van der Waals surface area contributed by atoms with Crippen LogP contribution in [0, 0.1) is 17.8 Å². The molecule has 2 amide bonds. The van der Waals surface area contributed by atoms with Crippen LogP contribution in [0.15, 0.2) is 78.0 Å². The molecule has 0 bridgehead atoms. The van der Waals surface area contributed by atoms with Crippen molar-refractivity contribution in [3.63, 3.8) is 0 Å². The van der Waals surface area contributed by atoms with E-state index < -0.39 is 35.5 Å². The molecule has 0 saturated heterocycles. The third kappa shape index (κ3) is 18.4. The highest BCUT2D eigenvalue weighted by molar-refractivity contribution is 6.03. The number of hydrogen-bond donors (Lipinski definition) is 4. The minimum atomic E-state index is -1.56. The molecule has 1 saturated carbocycles. The Morgan fingerprint density at radius 2 is 1.56 bits per heavy atom. The first kappa shape index (κ1) is 59.4. The molecule has 408 valence electrons. The van der Waals surface area contributed by atoms with Crippen LogP contribution in [0.5, 0.6) is 11.5 Å². The molecule has 0 spiro atoms. The summed E-state index contributed by atoms with van der Waals surface area (Å²) in [5, 5.41) is 37.6. The molecule has 0 radical (unpaired) electrons. The van der Waals surface area contributed by atoms with Crippen LogP contribution >= 0.6 is 0 Å². The van der Waals surface area contributed by atoms with E-state index in [1.807, 2.05) is 63.2 Å². The van der Waals surface area contributed by atoms with Gasteiger partial charge in [0.25, 0.3) is 0 Å². The average molecular weight is 1020 g/mol. The van der Waals surface area contributed by atoms with E-state index in [0.29, 0.717) is 43.2 Å². The van der Waals surface area contributed by atoms with Gasteiger partial charge in [-0.15, -0.1) is 6.58 Å². The van der Waals surface area contributed by atoms with Crippen molar-refractivity contribution < 1.29 is 58.2 Å². The zero-order valence-electron chi connectivity index (χ0n) is 44.6. The molecule has 15 heteroatoms. The first-order chi connectivity index (χ1) is 35.5. The molecule has 0 aromatic heterocycles. The van der Waals surface area contributed by atoms with E-state index in [9.17, 15) is 24.9 Å². The number of rotatable bonds is 35. The number of nitrogens with zero attached hydrogens (tertiary/aromatic N) is 2. The summed E-state index contributed by atoms with van der Waals surface area (Å²) in [6.07, 6.45) is 19.2. The maximum atomic E-state index is 14.8. The highest BCUT2D eigenvalue weighted by Crippen LogP contribution is 2.62. The van der Waals surface area contributed by atoms with Crippen molar-refractivity contribution in [3.05, 3.63) is 84.0 Å². The Hall–Kier alpha value is -4.51. The Labute approximate surface area is 436 Å². The van der Waals surface area contributed by atoms with Crippen LogP contribution < -0.4 is 14.8 Å². The summed E-state index contributed by atoms with van der Waals surface area (Å²) >= 11 is 0. The Morgan fingerprint density at radius 1 is 0.849 bits per heavy atom. The summed E-state index contributed by atoms with van der Waals surface area (Å²) in [7, 11) is 0. The van der Waals surface area contributed by atoms with Gasteiger partial charge in [-0.3, -0.25) is 4.90 Å². The number of benzene rings is 2. The lowest BCUT2D eigenvalue weighted by Crippen LogP contribution is -2.70. The van der Waals surface area contributed by atoms with Gasteiger partial charge >= 0.3 is 12.2 Å². The van der Waals surface area contributed by atoms with Gasteiger partial charge < -0.3 is 53.9 Å². The molecule has 3 aliphatic rings. The first-order valence-electron chi connectivity index (χ1n) is 27.5. The molecule has 2 aromatic rings. The minimum absolute atomic E-state index is 0.00120. The number of nitrogens with one attached hydrogen (secondary N) is 1. The van der Waals surface area contributed by atoms with Crippen LogP contribution in [0.1, 0.15) is 154 Å². The number of oxime groups is 1. The van der Waals surface area contributed by atoms with E-state index in [4.69, 9.17) is 38.4 Å². The molecule has 1 fully saturated rings. The molecule has 0 unspecified atom stereocenters. The van der Waals surface area contributed by atoms with E-state index in [-0.39, 0.29) is 83.6 Å². The number of allylic oxidation sites excluding steroid dienone is 1. The van der Waals surface area contributed by atoms with Crippen LogP contribution in [-0.4, -0.2) is 121 Å². The summed E-state index contributed by atoms with van der Waals surface area (Å²) in [4.78, 5) is 36.0. The largest absolute Gasteiger partial charge is 0.459 e. The highest BCUT2D eigenvalue weighted by atomic mass is 16.7. The standard InChI is InChI=1S/C58H89N3O12/c1-6-8-9-10-11-12-13-14-15-21-30-59-55(65)71-46-28-29-51-49(41-46)53-47(27-20-23-33-63)45(26-19-22-32-62)40-48-50(60-73-57(3,4)5)42-52(58(72-51,54(48)53)70-35-7-2)61(31-36-67-37-34-64)56(66)69-39-38-68-43-44-24-17-16-18-25-44/h7,16-18,24-25,28-29,40-41,45,47,52-54,62-64H,2,6,8-15,19-23,26-27,30-39,42-43H2,1,3-5H3,(H,59,65)/t45-,47+,52-,53+,54+,58+/m0/s1. The van der Waals surface area contributed by atoms with Crippen molar-refractivity contribution in [1.29, 1.82) is 0 Å². The van der Waals surface area contributed by atoms with Crippen LogP contribution in [0.25, 0.3) is 0 Å². The third-order valence-corrected chi connectivity index (χ3v) is 14.0. The van der Waals surface area contributed by atoms with Crippen molar-refractivity contribution in [3.8, 4) is 11.5 Å². The van der Waals surface area contributed by atoms with Crippen molar-refractivity contribution in [2.45, 2.75) is 167 Å². The summed E-state index contributed by atoms with van der Waals surface area (Å²) in [5.74, 6) is -1.67. The molecule has 1 aliphatic heterocycles. The Balaban J connectivity index is 1.55. The van der Waals surface area contributed by atoms with Gasteiger partial charge in [0.05, 0.1) is 51.3 Å². The van der Waals surface area contributed by atoms with Crippen LogP contribution in [-0.2, 0) is 30.4 Å². The summed E-state index contributed by atoms with van der Waals surface area (Å²) < 4.78 is 38.2. The number of hydrogen-bond acceptors (Lipinski definition) is 13. The number of aliphatic hydroxyl groups excluding tert-OH is 3. The van der Waals surface area contributed by atoms with Crippen LogP contribution in [0.2, 0.25) is 0 Å². The smallest absolute Gasteiger partial charge is 0.412 e. The molecular formula is C58H89N3O12. The van der Waals surface area contributed by atoms with E-state index in [1.165, 1.54) is 44.9 Å². The summed E-state index contributed by atoms with van der Waals surface area (Å²) in [6, 6.07) is 14.3. The van der Waals surface area contributed by atoms with Gasteiger partial charge in [-0.25, -0.2) is 9.59 Å². The predicted octanol–water partition coefficient (Wildman–Crippen LogP) is 10.8. The number of aliphatic hydroxyl groups is 3. The minimum Gasteiger partial charge on any atom is -0.459 e. The lowest BCUT2D eigenvalue weighted by Gasteiger charge is -2.59. The Morgan fingerprint density at radius 3 is 2.25 bits per heavy atom. The molecule has 2 aliphatic carbocycles. The number of ether oxygens (including phenoxy) is 6. The van der Waals surface area contributed by atoms with Gasteiger partial charge in [0.15, 0.2) is 0 Å². The molecular weight excluding hydrogens is 931 g/mol. The maximum Gasteiger partial charge on any atom is 0.412 e. The van der Waals surface area contributed by atoms with E-state index in [2.05, 4.69) is 24.9 Å². The number of fused-ring (bicyclic) bond motifs is 2. The van der Waals surface area contributed by atoms with E-state index in [0.717, 1.165) is 61.6 Å². The van der Waals surface area contributed by atoms with Gasteiger partial charge in [-0.1, -0.05) is 125 Å². The quantitative estimate of drug-likeness (QED) is 0.0291. The second-order valence-corrected chi connectivity index (χ2v) is 20.7. The average Bonchev–Trinajstić information content (AvgIpc) is 3.38. The van der Waals surface area contributed by atoms with Crippen LogP contribution in [0.3, 0.4) is 0 Å². The second kappa shape index (κ2) is 32.0. The monoisotopic (exact) mass is 1020 g/mol. The normalized spacial score (nSPS) is 21.6. The maximum absolute atomic E-state index is 14.8. The number of carbonyl (C=O) groups is 2. The lowest BCUT2D eigenvalue weighted by atomic mass is 9.55. The van der Waals surface area contributed by atoms with Gasteiger partial charge in [0.2, 0.25) is 5.79 Å². The van der Waals surface area contributed by atoms with Gasteiger partial charge in [-0.2, -0.15) is 0 Å². The first-order valence-corrected chi connectivity index (χ1v) is 27.5. The molecule has 5 rings (SSSR count). The van der Waals surface area contributed by atoms with Gasteiger partial charge in [0.1, 0.15) is 29.7 Å². The van der Waals surface area contributed by atoms with Crippen molar-refractivity contribution in [2.24, 2.45) is 22.9 Å². The summed E-state index contributed by atoms with van der Waals surface area (Å²) in [5.41, 5.74) is 2.65. The predicted molar refractivity (Wildman–Crippen MR) is 284 cm³/mol. The molecule has 15 nitrogen and oxygen atoms in total. The summed E-state index contributed by atoms with van der Waals surface area (Å²) in [6.45, 7) is 13.3. The Kier molecular flexibility index (Phi) is 26.1. The fraction of sp³-hybridized carbons (Fsp3) is 0.672. The molecule has 73 heavy (non-hydrogen) atoms. The molecule has 1 heterocycles. The molecule has 6 atom stereocenters. The second-order valence-electron chi connectivity index (χ2n) is 20.7.